The van der Waals surface area contributed by atoms with Crippen molar-refractivity contribution in [3.63, 3.8) is 0 Å². The number of hydrogen-bond donors (Lipinski definition) is 1. The van der Waals surface area contributed by atoms with E-state index in [1.54, 1.807) is 4.68 Å². The molecule has 0 saturated carbocycles. The monoisotopic (exact) mass is 259 g/mol. The molecule has 1 aromatic carbocycles. The highest BCUT2D eigenvalue weighted by atomic mass is 15.5. The van der Waals surface area contributed by atoms with Gasteiger partial charge >= 0.3 is 0 Å². The number of rotatable bonds is 6. The first kappa shape index (κ1) is 13.5. The Hall–Kier alpha value is -1.91. The first-order chi connectivity index (χ1) is 9.24. The van der Waals surface area contributed by atoms with Crippen LogP contribution in [0.1, 0.15) is 33.1 Å². The van der Waals surface area contributed by atoms with E-state index in [2.05, 4.69) is 46.8 Å². The molecule has 0 fully saturated rings. The first-order valence-corrected chi connectivity index (χ1v) is 6.84. The summed E-state index contributed by atoms with van der Waals surface area (Å²) in [5, 5.41) is 15.2. The van der Waals surface area contributed by atoms with Crippen molar-refractivity contribution in [2.24, 2.45) is 7.05 Å². The summed E-state index contributed by atoms with van der Waals surface area (Å²) >= 11 is 0. The van der Waals surface area contributed by atoms with Gasteiger partial charge in [0.25, 0.3) is 0 Å². The second kappa shape index (κ2) is 6.31. The number of tetrazole rings is 1. The van der Waals surface area contributed by atoms with Gasteiger partial charge in [-0.3, -0.25) is 0 Å². The maximum absolute atomic E-state index is 4.04. The maximum atomic E-state index is 4.04. The van der Waals surface area contributed by atoms with Crippen molar-refractivity contribution in [2.45, 2.75) is 39.2 Å². The molecule has 0 aliphatic rings. The normalized spacial score (nSPS) is 12.4. The molecule has 0 aliphatic carbocycles. The van der Waals surface area contributed by atoms with Crippen LogP contribution in [0.3, 0.4) is 0 Å². The van der Waals surface area contributed by atoms with Gasteiger partial charge in [-0.05, 0) is 35.4 Å². The van der Waals surface area contributed by atoms with E-state index in [4.69, 9.17) is 0 Å². The van der Waals surface area contributed by atoms with Gasteiger partial charge in [-0.25, -0.2) is 4.68 Å². The molecule has 1 heterocycles. The molecule has 1 aromatic heterocycles. The molecule has 5 heteroatoms. The van der Waals surface area contributed by atoms with Gasteiger partial charge in [-0.2, -0.15) is 0 Å². The molecular weight excluding hydrogens is 238 g/mol. The number of nitrogens with zero attached hydrogens (tertiary/aromatic N) is 4. The number of aryl methyl sites for hydroxylation is 1. The molecule has 1 unspecified atom stereocenters. The Morgan fingerprint density at radius 2 is 2.16 bits per heavy atom. The standard InChI is InChI=1S/C14H21N5/c1-4-7-12(5-2)15-13-9-6-8-11(10-13)14-16-17-18-19(14)3/h6,8-10,12,15H,4-5,7H2,1-3H3. The highest BCUT2D eigenvalue weighted by molar-refractivity contribution is 5.62. The van der Waals surface area contributed by atoms with Crippen molar-refractivity contribution >= 4 is 5.69 Å². The lowest BCUT2D eigenvalue weighted by Crippen LogP contribution is -2.17. The van der Waals surface area contributed by atoms with Crippen LogP contribution < -0.4 is 5.32 Å². The molecule has 0 amide bonds. The van der Waals surface area contributed by atoms with Gasteiger partial charge in [0, 0.05) is 24.3 Å². The average molecular weight is 259 g/mol. The van der Waals surface area contributed by atoms with Gasteiger partial charge in [-0.15, -0.1) is 5.10 Å². The lowest BCUT2D eigenvalue weighted by molar-refractivity contribution is 0.623. The number of nitrogens with one attached hydrogen (secondary N) is 1. The number of benzene rings is 1. The van der Waals surface area contributed by atoms with Crippen molar-refractivity contribution in [3.8, 4) is 11.4 Å². The topological polar surface area (TPSA) is 55.6 Å². The van der Waals surface area contributed by atoms with Crippen LogP contribution in [0.2, 0.25) is 0 Å². The Balaban J connectivity index is 2.18. The van der Waals surface area contributed by atoms with Gasteiger partial charge in [0.05, 0.1) is 0 Å². The van der Waals surface area contributed by atoms with Crippen molar-refractivity contribution in [1.29, 1.82) is 0 Å². The Morgan fingerprint density at radius 3 is 2.79 bits per heavy atom. The molecule has 102 valence electrons. The van der Waals surface area contributed by atoms with E-state index in [0.29, 0.717) is 6.04 Å². The second-order valence-corrected chi connectivity index (χ2v) is 4.75. The van der Waals surface area contributed by atoms with Crippen molar-refractivity contribution in [1.82, 2.24) is 20.2 Å². The van der Waals surface area contributed by atoms with E-state index in [1.807, 2.05) is 19.2 Å². The summed E-state index contributed by atoms with van der Waals surface area (Å²) < 4.78 is 1.68. The van der Waals surface area contributed by atoms with Crippen LogP contribution in [-0.4, -0.2) is 26.2 Å². The van der Waals surface area contributed by atoms with Crippen LogP contribution in [-0.2, 0) is 7.05 Å². The third-order valence-corrected chi connectivity index (χ3v) is 3.24. The molecular formula is C14H21N5. The molecule has 0 radical (unpaired) electrons. The van der Waals surface area contributed by atoms with Crippen LogP contribution in [0, 0.1) is 0 Å². The average Bonchev–Trinajstić information content (AvgIpc) is 2.85. The van der Waals surface area contributed by atoms with Crippen LogP contribution >= 0.6 is 0 Å². The van der Waals surface area contributed by atoms with E-state index >= 15 is 0 Å². The molecule has 0 bridgehead atoms. The lowest BCUT2D eigenvalue weighted by Gasteiger charge is -2.17. The summed E-state index contributed by atoms with van der Waals surface area (Å²) in [4.78, 5) is 0. The molecule has 5 nitrogen and oxygen atoms in total. The van der Waals surface area contributed by atoms with Crippen LogP contribution in [0.4, 0.5) is 5.69 Å². The summed E-state index contributed by atoms with van der Waals surface area (Å²) in [5.74, 6) is 0.784. The smallest absolute Gasteiger partial charge is 0.181 e. The van der Waals surface area contributed by atoms with Crippen molar-refractivity contribution in [2.75, 3.05) is 5.32 Å². The van der Waals surface area contributed by atoms with E-state index in [0.717, 1.165) is 23.5 Å². The van der Waals surface area contributed by atoms with Crippen molar-refractivity contribution < 1.29 is 0 Å². The van der Waals surface area contributed by atoms with E-state index in [-0.39, 0.29) is 0 Å². The predicted molar refractivity (Wildman–Crippen MR) is 76.8 cm³/mol. The van der Waals surface area contributed by atoms with Crippen LogP contribution in [0.25, 0.3) is 11.4 Å². The molecule has 19 heavy (non-hydrogen) atoms. The number of hydrogen-bond acceptors (Lipinski definition) is 4. The van der Waals surface area contributed by atoms with Gasteiger partial charge in [-0.1, -0.05) is 32.4 Å². The van der Waals surface area contributed by atoms with E-state index in [1.165, 1.54) is 12.8 Å². The molecule has 0 spiro atoms. The summed E-state index contributed by atoms with van der Waals surface area (Å²) in [6, 6.07) is 8.77. The lowest BCUT2D eigenvalue weighted by atomic mass is 10.1. The minimum absolute atomic E-state index is 0.526. The fraction of sp³-hybridized carbons (Fsp3) is 0.500. The number of anilines is 1. The summed E-state index contributed by atoms with van der Waals surface area (Å²) in [5.41, 5.74) is 2.16. The van der Waals surface area contributed by atoms with Crippen LogP contribution in [0.15, 0.2) is 24.3 Å². The van der Waals surface area contributed by atoms with Crippen LogP contribution in [0.5, 0.6) is 0 Å². The van der Waals surface area contributed by atoms with Gasteiger partial charge in [0.2, 0.25) is 0 Å². The first-order valence-electron chi connectivity index (χ1n) is 6.84. The Morgan fingerprint density at radius 1 is 1.32 bits per heavy atom. The highest BCUT2D eigenvalue weighted by Crippen LogP contribution is 2.21. The van der Waals surface area contributed by atoms with Gasteiger partial charge < -0.3 is 5.32 Å². The second-order valence-electron chi connectivity index (χ2n) is 4.75. The summed E-state index contributed by atoms with van der Waals surface area (Å²) in [6.07, 6.45) is 3.51. The molecule has 2 rings (SSSR count). The summed E-state index contributed by atoms with van der Waals surface area (Å²) in [7, 11) is 1.85. The Labute approximate surface area is 114 Å². The van der Waals surface area contributed by atoms with Gasteiger partial charge in [0.15, 0.2) is 5.82 Å². The van der Waals surface area contributed by atoms with Gasteiger partial charge in [0.1, 0.15) is 0 Å². The Bertz CT molecular complexity index is 520. The SMILES string of the molecule is CCCC(CC)Nc1cccc(-c2nnnn2C)c1. The quantitative estimate of drug-likeness (QED) is 0.866. The molecule has 0 saturated heterocycles. The molecule has 1 atom stereocenters. The van der Waals surface area contributed by atoms with E-state index in [9.17, 15) is 0 Å². The summed E-state index contributed by atoms with van der Waals surface area (Å²) in [6.45, 7) is 4.43. The minimum Gasteiger partial charge on any atom is -0.382 e. The zero-order valence-corrected chi connectivity index (χ0v) is 11.8. The Kier molecular flexibility index (Phi) is 4.49. The third-order valence-electron chi connectivity index (χ3n) is 3.24. The fourth-order valence-corrected chi connectivity index (χ4v) is 2.18. The van der Waals surface area contributed by atoms with Crippen molar-refractivity contribution in [3.05, 3.63) is 24.3 Å². The third kappa shape index (κ3) is 3.30. The minimum atomic E-state index is 0.526. The molecule has 1 N–H and O–H groups in total. The zero-order chi connectivity index (χ0) is 13.7. The highest BCUT2D eigenvalue weighted by Gasteiger charge is 2.08. The van der Waals surface area contributed by atoms with E-state index < -0.39 is 0 Å². The molecule has 0 aliphatic heterocycles. The molecule has 2 aromatic rings. The number of aromatic nitrogens is 4. The predicted octanol–water partition coefficient (Wildman–Crippen LogP) is 2.87. The fourth-order valence-electron chi connectivity index (χ4n) is 2.18. The maximum Gasteiger partial charge on any atom is 0.181 e. The zero-order valence-electron chi connectivity index (χ0n) is 11.8. The largest absolute Gasteiger partial charge is 0.382 e.